The summed E-state index contributed by atoms with van der Waals surface area (Å²) in [5, 5.41) is 4.14. The molecule has 2 heteroatoms. The Morgan fingerprint density at radius 1 is 1.20 bits per heavy atom. The summed E-state index contributed by atoms with van der Waals surface area (Å²) in [5.74, 6) is 0. The molecule has 0 saturated heterocycles. The SMILES string of the molecule is CCCNC(C)C(C)Sc1ccccc1. The maximum Gasteiger partial charge on any atom is 0.0217 e. The van der Waals surface area contributed by atoms with Crippen LogP contribution in [0.1, 0.15) is 27.2 Å². The molecule has 1 N–H and O–H groups in total. The van der Waals surface area contributed by atoms with Gasteiger partial charge >= 0.3 is 0 Å². The molecule has 84 valence electrons. The number of thioether (sulfide) groups is 1. The predicted molar refractivity (Wildman–Crippen MR) is 69.5 cm³/mol. The van der Waals surface area contributed by atoms with Gasteiger partial charge in [0.25, 0.3) is 0 Å². The molecule has 0 heterocycles. The molecule has 0 aliphatic carbocycles. The van der Waals surface area contributed by atoms with Gasteiger partial charge in [-0.25, -0.2) is 0 Å². The van der Waals surface area contributed by atoms with Gasteiger partial charge in [0.05, 0.1) is 0 Å². The van der Waals surface area contributed by atoms with Crippen molar-refractivity contribution in [2.75, 3.05) is 6.54 Å². The average Bonchev–Trinajstić information content (AvgIpc) is 2.27. The monoisotopic (exact) mass is 223 g/mol. The zero-order valence-corrected chi connectivity index (χ0v) is 10.7. The van der Waals surface area contributed by atoms with Crippen molar-refractivity contribution >= 4 is 11.8 Å². The predicted octanol–water partition coefficient (Wildman–Crippen LogP) is 3.56. The first-order chi connectivity index (χ1) is 7.24. The van der Waals surface area contributed by atoms with Crippen molar-refractivity contribution in [3.63, 3.8) is 0 Å². The highest BCUT2D eigenvalue weighted by Crippen LogP contribution is 2.24. The quantitative estimate of drug-likeness (QED) is 0.740. The lowest BCUT2D eigenvalue weighted by molar-refractivity contribution is 0.542. The average molecular weight is 223 g/mol. The van der Waals surface area contributed by atoms with Gasteiger partial charge in [0.15, 0.2) is 0 Å². The van der Waals surface area contributed by atoms with Crippen LogP contribution >= 0.6 is 11.8 Å². The molecule has 1 nitrogen and oxygen atoms in total. The summed E-state index contributed by atoms with van der Waals surface area (Å²) >= 11 is 1.94. The van der Waals surface area contributed by atoms with Gasteiger partial charge in [-0.3, -0.25) is 0 Å². The van der Waals surface area contributed by atoms with Gasteiger partial charge in [-0.1, -0.05) is 32.0 Å². The number of nitrogens with one attached hydrogen (secondary N) is 1. The van der Waals surface area contributed by atoms with Crippen LogP contribution < -0.4 is 5.32 Å². The molecule has 0 aromatic heterocycles. The molecule has 1 rings (SSSR count). The van der Waals surface area contributed by atoms with E-state index in [0.29, 0.717) is 11.3 Å². The molecular formula is C13H21NS. The second-order valence-electron chi connectivity index (χ2n) is 3.88. The lowest BCUT2D eigenvalue weighted by Gasteiger charge is -2.20. The zero-order chi connectivity index (χ0) is 11.1. The molecule has 2 atom stereocenters. The summed E-state index contributed by atoms with van der Waals surface area (Å²) in [6.45, 7) is 7.86. The molecule has 0 aliphatic heterocycles. The molecule has 0 radical (unpaired) electrons. The van der Waals surface area contributed by atoms with Gasteiger partial charge in [-0.2, -0.15) is 0 Å². The third-order valence-corrected chi connectivity index (χ3v) is 3.81. The Morgan fingerprint density at radius 2 is 1.87 bits per heavy atom. The maximum atomic E-state index is 3.53. The number of hydrogen-bond donors (Lipinski definition) is 1. The van der Waals surface area contributed by atoms with Gasteiger partial charge in [0.2, 0.25) is 0 Å². The van der Waals surface area contributed by atoms with Crippen molar-refractivity contribution in [1.29, 1.82) is 0 Å². The van der Waals surface area contributed by atoms with Crippen LogP contribution in [0.25, 0.3) is 0 Å². The Kier molecular flexibility index (Phi) is 5.81. The van der Waals surface area contributed by atoms with E-state index in [0.717, 1.165) is 6.54 Å². The maximum absolute atomic E-state index is 3.53. The summed E-state index contributed by atoms with van der Waals surface area (Å²) < 4.78 is 0. The van der Waals surface area contributed by atoms with Crippen LogP contribution in [0.15, 0.2) is 35.2 Å². The number of hydrogen-bond acceptors (Lipinski definition) is 2. The van der Waals surface area contributed by atoms with Crippen LogP contribution in [0.5, 0.6) is 0 Å². The van der Waals surface area contributed by atoms with E-state index in [1.54, 1.807) is 0 Å². The second kappa shape index (κ2) is 6.91. The van der Waals surface area contributed by atoms with E-state index in [-0.39, 0.29) is 0 Å². The molecule has 2 unspecified atom stereocenters. The van der Waals surface area contributed by atoms with Crippen molar-refractivity contribution in [3.05, 3.63) is 30.3 Å². The van der Waals surface area contributed by atoms with E-state index < -0.39 is 0 Å². The van der Waals surface area contributed by atoms with Gasteiger partial charge in [0, 0.05) is 16.2 Å². The molecular weight excluding hydrogens is 202 g/mol. The third-order valence-electron chi connectivity index (χ3n) is 2.49. The molecule has 1 aromatic carbocycles. The van der Waals surface area contributed by atoms with Gasteiger partial charge in [-0.05, 0) is 32.0 Å². The van der Waals surface area contributed by atoms with Crippen molar-refractivity contribution in [3.8, 4) is 0 Å². The highest BCUT2D eigenvalue weighted by molar-refractivity contribution is 8.00. The summed E-state index contributed by atoms with van der Waals surface area (Å²) in [6, 6.07) is 11.2. The lowest BCUT2D eigenvalue weighted by atomic mass is 10.2. The first-order valence-electron chi connectivity index (χ1n) is 5.69. The minimum atomic E-state index is 0.565. The molecule has 0 saturated carbocycles. The summed E-state index contributed by atoms with van der Waals surface area (Å²) in [4.78, 5) is 1.36. The zero-order valence-electron chi connectivity index (χ0n) is 9.86. The normalized spacial score (nSPS) is 14.9. The second-order valence-corrected chi connectivity index (χ2v) is 5.33. The standard InChI is InChI=1S/C13H21NS/c1-4-10-14-11(2)12(3)15-13-8-6-5-7-9-13/h5-9,11-12,14H,4,10H2,1-3H3. The molecule has 0 fully saturated rings. The van der Waals surface area contributed by atoms with Crippen LogP contribution in [-0.2, 0) is 0 Å². The summed E-state index contributed by atoms with van der Waals surface area (Å²) in [5.41, 5.74) is 0. The topological polar surface area (TPSA) is 12.0 Å². The molecule has 15 heavy (non-hydrogen) atoms. The van der Waals surface area contributed by atoms with E-state index >= 15 is 0 Å². The van der Waals surface area contributed by atoms with Crippen molar-refractivity contribution in [2.45, 2.75) is 43.4 Å². The molecule has 0 bridgehead atoms. The molecule has 0 spiro atoms. The Balaban J connectivity index is 2.38. The Bertz CT molecular complexity index is 260. The smallest absolute Gasteiger partial charge is 0.0217 e. The van der Waals surface area contributed by atoms with Crippen molar-refractivity contribution in [2.24, 2.45) is 0 Å². The first kappa shape index (κ1) is 12.6. The molecule has 1 aromatic rings. The summed E-state index contributed by atoms with van der Waals surface area (Å²) in [7, 11) is 0. The first-order valence-corrected chi connectivity index (χ1v) is 6.57. The van der Waals surface area contributed by atoms with Crippen molar-refractivity contribution < 1.29 is 0 Å². The van der Waals surface area contributed by atoms with E-state index in [1.165, 1.54) is 11.3 Å². The van der Waals surface area contributed by atoms with E-state index in [4.69, 9.17) is 0 Å². The van der Waals surface area contributed by atoms with Gasteiger partial charge < -0.3 is 5.32 Å². The fourth-order valence-electron chi connectivity index (χ4n) is 1.35. The van der Waals surface area contributed by atoms with E-state index in [9.17, 15) is 0 Å². The van der Waals surface area contributed by atoms with Crippen molar-refractivity contribution in [1.82, 2.24) is 5.32 Å². The molecule has 0 amide bonds. The fourth-order valence-corrected chi connectivity index (χ4v) is 2.40. The summed E-state index contributed by atoms with van der Waals surface area (Å²) in [6.07, 6.45) is 1.20. The highest BCUT2D eigenvalue weighted by atomic mass is 32.2. The third kappa shape index (κ3) is 4.72. The minimum Gasteiger partial charge on any atom is -0.313 e. The van der Waals surface area contributed by atoms with Crippen LogP contribution in [0, 0.1) is 0 Å². The van der Waals surface area contributed by atoms with Gasteiger partial charge in [-0.15, -0.1) is 11.8 Å². The Morgan fingerprint density at radius 3 is 2.47 bits per heavy atom. The minimum absolute atomic E-state index is 0.565. The largest absolute Gasteiger partial charge is 0.313 e. The van der Waals surface area contributed by atoms with E-state index in [1.807, 2.05) is 11.8 Å². The molecule has 0 aliphatic rings. The van der Waals surface area contributed by atoms with Crippen LogP contribution in [0.3, 0.4) is 0 Å². The number of benzene rings is 1. The Labute approximate surface area is 97.7 Å². The van der Waals surface area contributed by atoms with Crippen LogP contribution in [-0.4, -0.2) is 17.8 Å². The Hall–Kier alpha value is -0.470. The highest BCUT2D eigenvalue weighted by Gasteiger charge is 2.11. The number of rotatable bonds is 6. The fraction of sp³-hybridized carbons (Fsp3) is 0.538. The van der Waals surface area contributed by atoms with Gasteiger partial charge in [0.1, 0.15) is 0 Å². The van der Waals surface area contributed by atoms with Crippen LogP contribution in [0.2, 0.25) is 0 Å². The lowest BCUT2D eigenvalue weighted by Crippen LogP contribution is -2.34. The van der Waals surface area contributed by atoms with Crippen LogP contribution in [0.4, 0.5) is 0 Å². The van der Waals surface area contributed by atoms with E-state index in [2.05, 4.69) is 56.4 Å².